The number of benzene rings is 2. The van der Waals surface area contributed by atoms with Gasteiger partial charge in [-0.05, 0) is 29.0 Å². The number of carbonyl (C=O) groups is 1. The molecule has 2 rings (SSSR count). The highest BCUT2D eigenvalue weighted by Crippen LogP contribution is 2.18. The Hall–Kier alpha value is -1.62. The molecule has 0 aliphatic rings. The van der Waals surface area contributed by atoms with Gasteiger partial charge in [0.05, 0.1) is 19.8 Å². The van der Waals surface area contributed by atoms with E-state index in [-0.39, 0.29) is 18.4 Å². The van der Waals surface area contributed by atoms with Crippen molar-refractivity contribution in [2.75, 3.05) is 14.2 Å². The Bertz CT molecular complexity index is 557. The second-order valence-corrected chi connectivity index (χ2v) is 3.67. The lowest BCUT2D eigenvalue weighted by atomic mass is 10.1. The van der Waals surface area contributed by atoms with Crippen LogP contribution in [0.2, 0.25) is 0 Å². The lowest BCUT2D eigenvalue weighted by Gasteiger charge is -2.03. The van der Waals surface area contributed by atoms with Crippen molar-refractivity contribution in [2.45, 2.75) is 0 Å². The van der Waals surface area contributed by atoms with Gasteiger partial charge in [0.25, 0.3) is 0 Å². The molecule has 0 aliphatic carbocycles. The maximum absolute atomic E-state index is 11.4. The molecule has 0 radical (unpaired) electrons. The first-order valence-electron chi connectivity index (χ1n) is 5.23. The smallest absolute Gasteiger partial charge is 0.337 e. The van der Waals surface area contributed by atoms with Gasteiger partial charge in [0.1, 0.15) is 0 Å². The number of fused-ring (bicyclic) bond motifs is 1. The number of quaternary nitrogens is 1. The van der Waals surface area contributed by atoms with Gasteiger partial charge in [-0.2, -0.15) is 5.48 Å². The van der Waals surface area contributed by atoms with E-state index in [0.29, 0.717) is 5.56 Å². The van der Waals surface area contributed by atoms with Crippen molar-refractivity contribution in [2.24, 2.45) is 0 Å². The fraction of sp³-hybridized carbons (Fsp3) is 0.154. The number of nitrogens with two attached hydrogens (primary N) is 1. The zero-order valence-electron chi connectivity index (χ0n) is 10.1. The first-order chi connectivity index (χ1) is 8.24. The molecule has 0 saturated heterocycles. The molecule has 0 aliphatic heterocycles. The van der Waals surface area contributed by atoms with E-state index in [1.807, 2.05) is 30.3 Å². The van der Waals surface area contributed by atoms with Crippen LogP contribution in [0.25, 0.3) is 10.8 Å². The topological polar surface area (TPSA) is 52.1 Å². The monoisotopic (exact) mass is 267 g/mol. The molecule has 2 aromatic carbocycles. The van der Waals surface area contributed by atoms with E-state index in [9.17, 15) is 4.79 Å². The molecule has 0 atom stereocenters. The highest BCUT2D eigenvalue weighted by molar-refractivity contribution is 5.95. The van der Waals surface area contributed by atoms with Gasteiger partial charge < -0.3 is 17.1 Å². The summed E-state index contributed by atoms with van der Waals surface area (Å²) in [6, 6.07) is 11.4. The van der Waals surface area contributed by atoms with Crippen LogP contribution in [0.1, 0.15) is 10.4 Å². The van der Waals surface area contributed by atoms with Crippen molar-refractivity contribution >= 4 is 22.4 Å². The standard InChI is InChI=1S/C13H13NO3.ClH/c1-16-13(15)11-4-3-10-8-12(14-17-2)6-5-9(10)7-11;/h3-8,14H,1-2H3;1H. The van der Waals surface area contributed by atoms with Crippen LogP contribution in [-0.2, 0) is 9.57 Å². The van der Waals surface area contributed by atoms with E-state index in [1.165, 1.54) is 7.11 Å². The second kappa shape index (κ2) is 6.35. The maximum atomic E-state index is 11.4. The second-order valence-electron chi connectivity index (χ2n) is 3.67. The summed E-state index contributed by atoms with van der Waals surface area (Å²) in [5.74, 6) is -0.320. The molecule has 0 amide bonds. The molecule has 2 aromatic rings. The highest BCUT2D eigenvalue weighted by Gasteiger charge is 2.06. The van der Waals surface area contributed by atoms with Gasteiger partial charge in [0.2, 0.25) is 0 Å². The van der Waals surface area contributed by atoms with E-state index in [0.717, 1.165) is 16.5 Å². The molecule has 18 heavy (non-hydrogen) atoms. The lowest BCUT2D eigenvalue weighted by molar-refractivity contribution is -0.830. The fourth-order valence-electron chi connectivity index (χ4n) is 1.72. The Balaban J connectivity index is 0.00000162. The zero-order chi connectivity index (χ0) is 12.3. The molecule has 5 heteroatoms. The molecule has 2 N–H and O–H groups in total. The number of methoxy groups -OCH3 is 1. The van der Waals surface area contributed by atoms with Gasteiger partial charge >= 0.3 is 5.97 Å². The molecule has 0 saturated carbocycles. The van der Waals surface area contributed by atoms with Crippen LogP contribution in [-0.4, -0.2) is 20.2 Å². The Morgan fingerprint density at radius 3 is 2.39 bits per heavy atom. The van der Waals surface area contributed by atoms with Gasteiger partial charge in [0, 0.05) is 12.1 Å². The van der Waals surface area contributed by atoms with E-state index >= 15 is 0 Å². The van der Waals surface area contributed by atoms with Crippen molar-refractivity contribution in [3.05, 3.63) is 42.0 Å². The third kappa shape index (κ3) is 2.98. The Labute approximate surface area is 111 Å². The van der Waals surface area contributed by atoms with E-state index in [1.54, 1.807) is 18.7 Å². The number of carbonyl (C=O) groups excluding carboxylic acids is 1. The summed E-state index contributed by atoms with van der Waals surface area (Å²) in [5, 5.41) is 2.06. The molecule has 0 unspecified atom stereocenters. The van der Waals surface area contributed by atoms with E-state index < -0.39 is 0 Å². The highest BCUT2D eigenvalue weighted by atomic mass is 35.5. The van der Waals surface area contributed by atoms with Gasteiger partial charge in [-0.15, -0.1) is 0 Å². The normalized spacial score (nSPS) is 9.89. The number of rotatable bonds is 3. The summed E-state index contributed by atoms with van der Waals surface area (Å²) in [6.45, 7) is 0. The van der Waals surface area contributed by atoms with Gasteiger partial charge in [0.15, 0.2) is 5.69 Å². The molecular weight excluding hydrogens is 254 g/mol. The van der Waals surface area contributed by atoms with Crippen LogP contribution in [0.3, 0.4) is 0 Å². The van der Waals surface area contributed by atoms with Crippen LogP contribution in [0.5, 0.6) is 0 Å². The molecule has 0 heterocycles. The van der Waals surface area contributed by atoms with Crippen LogP contribution < -0.4 is 17.9 Å². The minimum Gasteiger partial charge on any atom is -1.00 e. The number of hydrogen-bond acceptors (Lipinski definition) is 3. The predicted octanol–water partition coefficient (Wildman–Crippen LogP) is -1.61. The average Bonchev–Trinajstić information content (AvgIpc) is 2.37. The summed E-state index contributed by atoms with van der Waals surface area (Å²) < 4.78 is 4.68. The summed E-state index contributed by atoms with van der Waals surface area (Å²) in [6.07, 6.45) is 0. The van der Waals surface area contributed by atoms with Gasteiger partial charge in [-0.25, -0.2) is 9.63 Å². The van der Waals surface area contributed by atoms with Crippen molar-refractivity contribution in [3.63, 3.8) is 0 Å². The van der Waals surface area contributed by atoms with Crippen LogP contribution >= 0.6 is 0 Å². The van der Waals surface area contributed by atoms with Crippen LogP contribution in [0.4, 0.5) is 5.69 Å². The predicted molar refractivity (Wildman–Crippen MR) is 63.9 cm³/mol. The van der Waals surface area contributed by atoms with Crippen LogP contribution in [0.15, 0.2) is 36.4 Å². The summed E-state index contributed by atoms with van der Waals surface area (Å²) in [7, 11) is 2.99. The van der Waals surface area contributed by atoms with Crippen LogP contribution in [0, 0.1) is 0 Å². The molecule has 0 aromatic heterocycles. The SMILES string of the molecule is CO[NH2+]c1ccc2cc(C(=O)OC)ccc2c1.[Cl-]. The Kier molecular flexibility index (Phi) is 5.09. The molecule has 4 nitrogen and oxygen atoms in total. The first-order valence-corrected chi connectivity index (χ1v) is 5.23. The quantitative estimate of drug-likeness (QED) is 0.414. The summed E-state index contributed by atoms with van der Waals surface area (Å²) in [5.41, 5.74) is 3.22. The van der Waals surface area contributed by atoms with Crippen molar-refractivity contribution in [1.82, 2.24) is 0 Å². The number of ether oxygens (including phenoxy) is 1. The first kappa shape index (κ1) is 14.4. The molecular formula is C13H14ClNO3. The van der Waals surface area contributed by atoms with E-state index in [4.69, 9.17) is 4.84 Å². The lowest BCUT2D eigenvalue weighted by Crippen LogP contribution is -3.00. The molecule has 0 fully saturated rings. The van der Waals surface area contributed by atoms with Gasteiger partial charge in [-0.1, -0.05) is 6.07 Å². The number of halogens is 1. The Morgan fingerprint density at radius 2 is 1.72 bits per heavy atom. The minimum absolute atomic E-state index is 0. The largest absolute Gasteiger partial charge is 1.00 e. The maximum Gasteiger partial charge on any atom is 0.337 e. The third-order valence-corrected chi connectivity index (χ3v) is 2.54. The molecule has 96 valence electrons. The zero-order valence-corrected chi connectivity index (χ0v) is 10.9. The summed E-state index contributed by atoms with van der Waals surface area (Å²) >= 11 is 0. The summed E-state index contributed by atoms with van der Waals surface area (Å²) in [4.78, 5) is 16.3. The minimum atomic E-state index is -0.320. The van der Waals surface area contributed by atoms with Gasteiger partial charge in [-0.3, -0.25) is 0 Å². The number of hydrogen-bond donors (Lipinski definition) is 1. The molecule has 0 bridgehead atoms. The van der Waals surface area contributed by atoms with Crippen molar-refractivity contribution < 1.29 is 32.3 Å². The van der Waals surface area contributed by atoms with Crippen molar-refractivity contribution in [3.8, 4) is 0 Å². The van der Waals surface area contributed by atoms with E-state index in [2.05, 4.69) is 4.74 Å². The van der Waals surface area contributed by atoms with Crippen molar-refractivity contribution in [1.29, 1.82) is 0 Å². The number of esters is 1. The average molecular weight is 268 g/mol. The Morgan fingerprint density at radius 1 is 1.06 bits per heavy atom. The molecule has 0 spiro atoms. The third-order valence-electron chi connectivity index (χ3n) is 2.54. The fourth-order valence-corrected chi connectivity index (χ4v) is 1.72.